The van der Waals surface area contributed by atoms with E-state index in [1.807, 2.05) is 12.1 Å². The molecular weight excluding hydrogens is 184 g/mol. The van der Waals surface area contributed by atoms with Crippen molar-refractivity contribution in [3.8, 4) is 0 Å². The standard InChI is InChI=1S/C11H12ClO/c1-3-8(2)10-4-9(7-13)5-11(12)6-10/h3-6,8,13H,1-2,7H2. The van der Waals surface area contributed by atoms with Gasteiger partial charge in [-0.2, -0.15) is 0 Å². The normalized spacial score (nSPS) is 12.5. The molecule has 1 unspecified atom stereocenters. The number of hydrogen-bond donors (Lipinski definition) is 1. The molecule has 2 heteroatoms. The molecular formula is C11H12ClO. The summed E-state index contributed by atoms with van der Waals surface area (Å²) in [6.07, 6.45) is 1.74. The van der Waals surface area contributed by atoms with Crippen molar-refractivity contribution in [2.75, 3.05) is 0 Å². The van der Waals surface area contributed by atoms with E-state index in [1.165, 1.54) is 0 Å². The van der Waals surface area contributed by atoms with Crippen LogP contribution in [-0.2, 0) is 6.61 Å². The van der Waals surface area contributed by atoms with Crippen molar-refractivity contribution in [3.63, 3.8) is 0 Å². The molecule has 0 aromatic heterocycles. The summed E-state index contributed by atoms with van der Waals surface area (Å²) in [6.45, 7) is 7.54. The molecule has 0 aliphatic carbocycles. The Morgan fingerprint density at radius 1 is 1.46 bits per heavy atom. The highest BCUT2D eigenvalue weighted by Gasteiger charge is 2.03. The van der Waals surface area contributed by atoms with Gasteiger partial charge < -0.3 is 5.11 Å². The summed E-state index contributed by atoms with van der Waals surface area (Å²) in [7, 11) is 0. The topological polar surface area (TPSA) is 20.2 Å². The van der Waals surface area contributed by atoms with Crippen molar-refractivity contribution in [1.29, 1.82) is 0 Å². The van der Waals surface area contributed by atoms with Crippen LogP contribution in [0.5, 0.6) is 0 Å². The second-order valence-corrected chi connectivity index (χ2v) is 3.33. The van der Waals surface area contributed by atoms with Crippen LogP contribution in [0.1, 0.15) is 17.0 Å². The number of hydrogen-bond acceptors (Lipinski definition) is 1. The van der Waals surface area contributed by atoms with Crippen LogP contribution in [0, 0.1) is 6.92 Å². The fraction of sp³-hybridized carbons (Fsp3) is 0.182. The fourth-order valence-electron chi connectivity index (χ4n) is 1.12. The molecule has 0 amide bonds. The molecule has 0 spiro atoms. The number of rotatable bonds is 3. The SMILES string of the molecule is [CH2]C(C=C)c1cc(Cl)cc(CO)c1. The number of aliphatic hydroxyl groups excluding tert-OH is 1. The monoisotopic (exact) mass is 195 g/mol. The maximum Gasteiger partial charge on any atom is 0.0682 e. The first-order valence-corrected chi connectivity index (χ1v) is 4.41. The van der Waals surface area contributed by atoms with Gasteiger partial charge in [-0.1, -0.05) is 23.7 Å². The zero-order chi connectivity index (χ0) is 9.84. The van der Waals surface area contributed by atoms with Crippen molar-refractivity contribution in [2.45, 2.75) is 12.5 Å². The van der Waals surface area contributed by atoms with Gasteiger partial charge in [0.1, 0.15) is 0 Å². The Kier molecular flexibility index (Phi) is 3.52. The second-order valence-electron chi connectivity index (χ2n) is 2.89. The van der Waals surface area contributed by atoms with E-state index >= 15 is 0 Å². The van der Waals surface area contributed by atoms with Crippen molar-refractivity contribution < 1.29 is 5.11 Å². The molecule has 0 fully saturated rings. The highest BCUT2D eigenvalue weighted by atomic mass is 35.5. The first kappa shape index (κ1) is 10.3. The molecule has 13 heavy (non-hydrogen) atoms. The average Bonchev–Trinajstić information content (AvgIpc) is 2.15. The molecule has 1 radical (unpaired) electrons. The van der Waals surface area contributed by atoms with Gasteiger partial charge in [-0.25, -0.2) is 0 Å². The first-order valence-electron chi connectivity index (χ1n) is 4.03. The predicted molar refractivity (Wildman–Crippen MR) is 55.7 cm³/mol. The second kappa shape index (κ2) is 4.45. The van der Waals surface area contributed by atoms with Crippen LogP contribution >= 0.6 is 11.6 Å². The van der Waals surface area contributed by atoms with Crippen LogP contribution in [0.25, 0.3) is 0 Å². The van der Waals surface area contributed by atoms with Gasteiger partial charge in [-0.3, -0.25) is 0 Å². The summed E-state index contributed by atoms with van der Waals surface area (Å²) in [6, 6.07) is 5.45. The third-order valence-corrected chi connectivity index (χ3v) is 2.09. The van der Waals surface area contributed by atoms with Gasteiger partial charge in [-0.15, -0.1) is 6.58 Å². The maximum atomic E-state index is 8.94. The van der Waals surface area contributed by atoms with Crippen LogP contribution in [0.2, 0.25) is 5.02 Å². The zero-order valence-corrected chi connectivity index (χ0v) is 8.09. The summed E-state index contributed by atoms with van der Waals surface area (Å²) >= 11 is 5.86. The van der Waals surface area contributed by atoms with Crippen LogP contribution in [0.4, 0.5) is 0 Å². The van der Waals surface area contributed by atoms with Crippen molar-refractivity contribution in [2.24, 2.45) is 0 Å². The zero-order valence-electron chi connectivity index (χ0n) is 7.33. The summed E-state index contributed by atoms with van der Waals surface area (Å²) in [5.41, 5.74) is 1.78. The number of halogens is 1. The van der Waals surface area contributed by atoms with Gasteiger partial charge in [0.2, 0.25) is 0 Å². The molecule has 0 saturated heterocycles. The number of benzene rings is 1. The minimum atomic E-state index is -0.00256. The van der Waals surface area contributed by atoms with Crippen LogP contribution in [-0.4, -0.2) is 5.11 Å². The van der Waals surface area contributed by atoms with E-state index in [9.17, 15) is 0 Å². The summed E-state index contributed by atoms with van der Waals surface area (Å²) in [5.74, 6) is 0.0176. The Balaban J connectivity index is 3.07. The van der Waals surface area contributed by atoms with Crippen LogP contribution < -0.4 is 0 Å². The van der Waals surface area contributed by atoms with E-state index < -0.39 is 0 Å². The summed E-state index contributed by atoms with van der Waals surface area (Å²) < 4.78 is 0. The lowest BCUT2D eigenvalue weighted by atomic mass is 9.99. The van der Waals surface area contributed by atoms with E-state index in [4.69, 9.17) is 16.7 Å². The summed E-state index contributed by atoms with van der Waals surface area (Å²) in [4.78, 5) is 0. The molecule has 1 aromatic carbocycles. The molecule has 1 aromatic rings. The van der Waals surface area contributed by atoms with Crippen molar-refractivity contribution >= 4 is 11.6 Å². The van der Waals surface area contributed by atoms with E-state index in [0.29, 0.717) is 5.02 Å². The Morgan fingerprint density at radius 3 is 2.69 bits per heavy atom. The van der Waals surface area contributed by atoms with Gasteiger partial charge in [0.15, 0.2) is 0 Å². The maximum absolute atomic E-state index is 8.94. The largest absolute Gasteiger partial charge is 0.392 e. The molecule has 1 nitrogen and oxygen atoms in total. The predicted octanol–water partition coefficient (Wildman–Crippen LogP) is 2.94. The van der Waals surface area contributed by atoms with Gasteiger partial charge in [0.05, 0.1) is 6.61 Å². The molecule has 1 N–H and O–H groups in total. The molecule has 69 valence electrons. The van der Waals surface area contributed by atoms with Gasteiger partial charge in [0.25, 0.3) is 0 Å². The molecule has 1 rings (SSSR count). The molecule has 0 saturated carbocycles. The highest BCUT2D eigenvalue weighted by Crippen LogP contribution is 2.22. The molecule has 1 atom stereocenters. The van der Waals surface area contributed by atoms with Gasteiger partial charge >= 0.3 is 0 Å². The van der Waals surface area contributed by atoms with Gasteiger partial charge in [-0.05, 0) is 30.2 Å². The first-order chi connectivity index (χ1) is 6.17. The van der Waals surface area contributed by atoms with Crippen molar-refractivity contribution in [1.82, 2.24) is 0 Å². The molecule has 0 heterocycles. The molecule has 0 bridgehead atoms. The molecule has 0 aliphatic rings. The van der Waals surface area contributed by atoms with E-state index in [1.54, 1.807) is 12.1 Å². The third kappa shape index (κ3) is 2.58. The van der Waals surface area contributed by atoms with E-state index in [2.05, 4.69) is 13.5 Å². The lowest BCUT2D eigenvalue weighted by Crippen LogP contribution is -1.92. The Labute approximate surface area is 83.7 Å². The lowest BCUT2D eigenvalue weighted by Gasteiger charge is -2.08. The average molecular weight is 196 g/mol. The van der Waals surface area contributed by atoms with Gasteiger partial charge in [0, 0.05) is 10.9 Å². The third-order valence-electron chi connectivity index (χ3n) is 1.88. The Morgan fingerprint density at radius 2 is 2.15 bits per heavy atom. The van der Waals surface area contributed by atoms with E-state index in [0.717, 1.165) is 11.1 Å². The Hall–Kier alpha value is -0.790. The summed E-state index contributed by atoms with van der Waals surface area (Å²) in [5, 5.41) is 9.56. The van der Waals surface area contributed by atoms with Crippen molar-refractivity contribution in [3.05, 3.63) is 53.9 Å². The molecule has 0 aliphatic heterocycles. The smallest absolute Gasteiger partial charge is 0.0682 e. The fourth-order valence-corrected chi connectivity index (χ4v) is 1.38. The van der Waals surface area contributed by atoms with Crippen LogP contribution in [0.3, 0.4) is 0 Å². The van der Waals surface area contributed by atoms with Crippen LogP contribution in [0.15, 0.2) is 30.9 Å². The quantitative estimate of drug-likeness (QED) is 0.736. The lowest BCUT2D eigenvalue weighted by molar-refractivity contribution is 0.281. The number of aliphatic hydroxyl groups is 1. The number of allylic oxidation sites excluding steroid dienone is 1. The highest BCUT2D eigenvalue weighted by molar-refractivity contribution is 6.30. The minimum Gasteiger partial charge on any atom is -0.392 e. The Bertz CT molecular complexity index is 307. The van der Waals surface area contributed by atoms with E-state index in [-0.39, 0.29) is 12.5 Å². The minimum absolute atomic E-state index is 0.00256.